The van der Waals surface area contributed by atoms with Gasteiger partial charge in [-0.3, -0.25) is 19.6 Å². The zero-order valence-electron chi connectivity index (χ0n) is 13.8. The minimum Gasteiger partial charge on any atom is -0.319 e. The Labute approximate surface area is 157 Å². The first kappa shape index (κ1) is 17.8. The summed E-state index contributed by atoms with van der Waals surface area (Å²) in [6.45, 7) is 2.13. The van der Waals surface area contributed by atoms with E-state index in [2.05, 4.69) is 26.3 Å². The van der Waals surface area contributed by atoms with Gasteiger partial charge >= 0.3 is 0 Å². The number of benzene rings is 2. The molecule has 0 bridgehead atoms. The number of carbonyl (C=O) groups is 1. The number of amides is 1. The lowest BCUT2D eigenvalue weighted by molar-refractivity contribution is -0.385. The van der Waals surface area contributed by atoms with Gasteiger partial charge < -0.3 is 5.32 Å². The van der Waals surface area contributed by atoms with E-state index in [0.29, 0.717) is 17.8 Å². The molecule has 0 saturated carbocycles. The molecule has 0 aliphatic rings. The third-order valence-corrected chi connectivity index (χ3v) is 4.42. The second kappa shape index (κ2) is 7.49. The quantitative estimate of drug-likeness (QED) is 0.501. The maximum Gasteiger partial charge on any atom is 0.273 e. The monoisotopic (exact) mass is 414 g/mol. The Balaban J connectivity index is 1.73. The van der Waals surface area contributed by atoms with Gasteiger partial charge in [0.15, 0.2) is 0 Å². The van der Waals surface area contributed by atoms with E-state index >= 15 is 0 Å². The van der Waals surface area contributed by atoms with Crippen molar-refractivity contribution in [1.29, 1.82) is 0 Å². The number of nitrogens with one attached hydrogen (secondary N) is 1. The summed E-state index contributed by atoms with van der Waals surface area (Å²) in [5.41, 5.74) is 2.11. The summed E-state index contributed by atoms with van der Waals surface area (Å²) >= 11 is 3.39. The number of nitro groups is 1. The predicted molar refractivity (Wildman–Crippen MR) is 101 cm³/mol. The number of nitrogens with zero attached hydrogens (tertiary/aromatic N) is 3. The molecule has 0 saturated heterocycles. The second-order valence-electron chi connectivity index (χ2n) is 5.71. The molecular weight excluding hydrogens is 400 g/mol. The molecule has 3 aromatic rings. The Kier molecular flexibility index (Phi) is 5.13. The topological polar surface area (TPSA) is 90.1 Å². The van der Waals surface area contributed by atoms with Gasteiger partial charge in [0, 0.05) is 27.9 Å². The lowest BCUT2D eigenvalue weighted by Gasteiger charge is -2.06. The molecule has 0 fully saturated rings. The predicted octanol–water partition coefficient (Wildman–Crippen LogP) is 4.16. The fraction of sp³-hybridized carbons (Fsp3) is 0.111. The van der Waals surface area contributed by atoms with E-state index in [1.165, 1.54) is 12.1 Å². The number of nitro benzene ring substituents is 1. The van der Waals surface area contributed by atoms with Crippen LogP contribution in [-0.4, -0.2) is 20.6 Å². The van der Waals surface area contributed by atoms with Crippen molar-refractivity contribution in [2.75, 3.05) is 5.32 Å². The fourth-order valence-electron chi connectivity index (χ4n) is 2.56. The van der Waals surface area contributed by atoms with Crippen LogP contribution in [0.4, 0.5) is 11.4 Å². The first-order valence-corrected chi connectivity index (χ1v) is 8.55. The Morgan fingerprint density at radius 2 is 2.00 bits per heavy atom. The van der Waals surface area contributed by atoms with Crippen LogP contribution in [0.1, 0.15) is 21.5 Å². The van der Waals surface area contributed by atoms with Crippen LogP contribution in [0.3, 0.4) is 0 Å². The molecule has 0 atom stereocenters. The fourth-order valence-corrected chi connectivity index (χ4v) is 2.82. The molecule has 0 spiro atoms. The van der Waals surface area contributed by atoms with Gasteiger partial charge in [-0.05, 0) is 30.7 Å². The molecule has 26 heavy (non-hydrogen) atoms. The first-order valence-electron chi connectivity index (χ1n) is 7.76. The lowest BCUT2D eigenvalue weighted by Crippen LogP contribution is -2.13. The van der Waals surface area contributed by atoms with Crippen molar-refractivity contribution in [2.45, 2.75) is 13.5 Å². The molecule has 3 rings (SSSR count). The molecule has 8 heteroatoms. The van der Waals surface area contributed by atoms with Crippen molar-refractivity contribution in [3.8, 4) is 0 Å². The van der Waals surface area contributed by atoms with Crippen molar-refractivity contribution in [3.63, 3.8) is 0 Å². The van der Waals surface area contributed by atoms with E-state index in [0.717, 1.165) is 10.0 Å². The van der Waals surface area contributed by atoms with Crippen molar-refractivity contribution in [3.05, 3.63) is 86.1 Å². The smallest absolute Gasteiger partial charge is 0.273 e. The van der Waals surface area contributed by atoms with Crippen LogP contribution < -0.4 is 5.32 Å². The van der Waals surface area contributed by atoms with Crippen LogP contribution in [-0.2, 0) is 6.54 Å². The lowest BCUT2D eigenvalue weighted by atomic mass is 10.1. The Morgan fingerprint density at radius 3 is 2.69 bits per heavy atom. The number of hydrogen-bond donors (Lipinski definition) is 1. The molecule has 1 N–H and O–H groups in total. The molecule has 0 aliphatic heterocycles. The van der Waals surface area contributed by atoms with Crippen LogP contribution in [0.25, 0.3) is 0 Å². The molecule has 132 valence electrons. The highest BCUT2D eigenvalue weighted by Crippen LogP contribution is 2.22. The molecular formula is C18H15BrN4O3. The van der Waals surface area contributed by atoms with Crippen molar-refractivity contribution in [1.82, 2.24) is 9.78 Å². The summed E-state index contributed by atoms with van der Waals surface area (Å²) in [6, 6.07) is 12.3. The average Bonchev–Trinajstić information content (AvgIpc) is 3.03. The number of rotatable bonds is 5. The highest BCUT2D eigenvalue weighted by molar-refractivity contribution is 9.10. The van der Waals surface area contributed by atoms with E-state index < -0.39 is 10.8 Å². The largest absolute Gasteiger partial charge is 0.319 e. The number of hydrogen-bond acceptors (Lipinski definition) is 4. The summed E-state index contributed by atoms with van der Waals surface area (Å²) in [5, 5.41) is 18.0. The van der Waals surface area contributed by atoms with Gasteiger partial charge in [-0.25, -0.2) is 0 Å². The third kappa shape index (κ3) is 3.97. The van der Waals surface area contributed by atoms with Gasteiger partial charge in [-0.1, -0.05) is 34.1 Å². The molecule has 0 unspecified atom stereocenters. The third-order valence-electron chi connectivity index (χ3n) is 3.90. The highest BCUT2D eigenvalue weighted by Gasteiger charge is 2.18. The van der Waals surface area contributed by atoms with Crippen LogP contribution in [0.15, 0.2) is 59.3 Å². The highest BCUT2D eigenvalue weighted by atomic mass is 79.9. The molecule has 0 radical (unpaired) electrons. The first-order chi connectivity index (χ1) is 12.4. The minimum atomic E-state index is -0.498. The SMILES string of the molecule is Cc1c(C(=O)Nc2cnn(Cc3ccc(Br)cc3)c2)cccc1[N+](=O)[O-]. The van der Waals surface area contributed by atoms with Crippen LogP contribution >= 0.6 is 15.9 Å². The van der Waals surface area contributed by atoms with Gasteiger partial charge in [0.25, 0.3) is 11.6 Å². The Bertz CT molecular complexity index is 967. The van der Waals surface area contributed by atoms with Crippen molar-refractivity contribution in [2.24, 2.45) is 0 Å². The summed E-state index contributed by atoms with van der Waals surface area (Å²) in [7, 11) is 0. The van der Waals surface area contributed by atoms with Crippen LogP contribution in [0.2, 0.25) is 0 Å². The number of halogens is 1. The number of carbonyl (C=O) groups excluding carboxylic acids is 1. The average molecular weight is 415 g/mol. The standard InChI is InChI=1S/C18H15BrN4O3/c1-12-16(3-2-4-17(12)23(25)26)18(24)21-15-9-20-22(11-15)10-13-5-7-14(19)8-6-13/h2-9,11H,10H2,1H3,(H,21,24). The number of aromatic nitrogens is 2. The van der Waals surface area contributed by atoms with Gasteiger partial charge in [0.2, 0.25) is 0 Å². The second-order valence-corrected chi connectivity index (χ2v) is 6.63. The number of anilines is 1. The maximum absolute atomic E-state index is 12.4. The van der Waals surface area contributed by atoms with E-state index in [1.54, 1.807) is 30.1 Å². The van der Waals surface area contributed by atoms with E-state index in [-0.39, 0.29) is 11.3 Å². The Morgan fingerprint density at radius 1 is 1.27 bits per heavy atom. The van der Waals surface area contributed by atoms with Crippen molar-refractivity contribution < 1.29 is 9.72 Å². The summed E-state index contributed by atoms with van der Waals surface area (Å²) in [5.74, 6) is -0.408. The van der Waals surface area contributed by atoms with Gasteiger partial charge in [0.1, 0.15) is 0 Å². The maximum atomic E-state index is 12.4. The normalized spacial score (nSPS) is 10.5. The van der Waals surface area contributed by atoms with Crippen LogP contribution in [0.5, 0.6) is 0 Å². The van der Waals surface area contributed by atoms with Crippen LogP contribution in [0, 0.1) is 17.0 Å². The minimum absolute atomic E-state index is 0.0800. The van der Waals surface area contributed by atoms with Gasteiger partial charge in [0.05, 0.1) is 23.4 Å². The molecule has 1 heterocycles. The molecule has 1 aromatic heterocycles. The van der Waals surface area contributed by atoms with Gasteiger partial charge in [-0.2, -0.15) is 5.10 Å². The van der Waals surface area contributed by atoms with E-state index in [9.17, 15) is 14.9 Å². The zero-order chi connectivity index (χ0) is 18.7. The summed E-state index contributed by atoms with van der Waals surface area (Å²) < 4.78 is 2.71. The van der Waals surface area contributed by atoms with E-state index in [4.69, 9.17) is 0 Å². The summed E-state index contributed by atoms with van der Waals surface area (Å²) in [6.07, 6.45) is 3.26. The van der Waals surface area contributed by atoms with Gasteiger partial charge in [-0.15, -0.1) is 0 Å². The Hall–Kier alpha value is -3.00. The molecule has 7 nitrogen and oxygen atoms in total. The molecule has 2 aromatic carbocycles. The summed E-state index contributed by atoms with van der Waals surface area (Å²) in [4.78, 5) is 23.0. The molecule has 0 aliphatic carbocycles. The van der Waals surface area contributed by atoms with E-state index in [1.807, 2.05) is 24.3 Å². The molecule has 1 amide bonds. The zero-order valence-corrected chi connectivity index (χ0v) is 15.4. The van der Waals surface area contributed by atoms with Crippen molar-refractivity contribution >= 4 is 33.2 Å².